The van der Waals surface area contributed by atoms with Crippen molar-refractivity contribution in [3.05, 3.63) is 0 Å². The number of nitrogens with two attached hydrogens (primary N) is 1. The molecule has 0 saturated heterocycles. The molecule has 2 N–H and O–H groups in total. The maximum absolute atomic E-state index is 6.32. The van der Waals surface area contributed by atoms with Gasteiger partial charge in [-0.05, 0) is 50.6 Å². The normalized spacial score (nSPS) is 30.9. The molecule has 3 atom stereocenters. The van der Waals surface area contributed by atoms with Crippen molar-refractivity contribution in [1.82, 2.24) is 4.90 Å². The summed E-state index contributed by atoms with van der Waals surface area (Å²) in [5.41, 5.74) is 6.75. The van der Waals surface area contributed by atoms with Gasteiger partial charge in [-0.2, -0.15) is 0 Å². The van der Waals surface area contributed by atoms with E-state index in [1.165, 1.54) is 38.6 Å². The SMILES string of the molecule is CCCCN(C)C1CC(C(C)(C)C)CCC1N. The second-order valence-corrected chi connectivity index (χ2v) is 6.94. The fourth-order valence-corrected chi connectivity index (χ4v) is 3.04. The van der Waals surface area contributed by atoms with Crippen molar-refractivity contribution in [3.8, 4) is 0 Å². The Morgan fingerprint density at radius 1 is 1.24 bits per heavy atom. The first-order chi connectivity index (χ1) is 7.86. The second kappa shape index (κ2) is 6.19. The highest BCUT2D eigenvalue weighted by Crippen LogP contribution is 2.38. The average Bonchev–Trinajstić information content (AvgIpc) is 2.24. The summed E-state index contributed by atoms with van der Waals surface area (Å²) in [5, 5.41) is 0. The lowest BCUT2D eigenvalue weighted by Gasteiger charge is -2.44. The van der Waals surface area contributed by atoms with Gasteiger partial charge in [0.25, 0.3) is 0 Å². The zero-order chi connectivity index (χ0) is 13.1. The van der Waals surface area contributed by atoms with Crippen molar-refractivity contribution in [2.75, 3.05) is 13.6 Å². The first-order valence-electron chi connectivity index (χ1n) is 7.32. The summed E-state index contributed by atoms with van der Waals surface area (Å²) in [4.78, 5) is 2.51. The van der Waals surface area contributed by atoms with Crippen LogP contribution in [-0.4, -0.2) is 30.6 Å². The highest BCUT2D eigenvalue weighted by atomic mass is 15.1. The van der Waals surface area contributed by atoms with Crippen molar-refractivity contribution in [2.24, 2.45) is 17.1 Å². The van der Waals surface area contributed by atoms with Gasteiger partial charge in [0.15, 0.2) is 0 Å². The molecule has 1 rings (SSSR count). The maximum Gasteiger partial charge on any atom is 0.0246 e. The van der Waals surface area contributed by atoms with Gasteiger partial charge in [0, 0.05) is 12.1 Å². The van der Waals surface area contributed by atoms with Crippen LogP contribution in [-0.2, 0) is 0 Å². The van der Waals surface area contributed by atoms with Crippen LogP contribution in [0.15, 0.2) is 0 Å². The van der Waals surface area contributed by atoms with E-state index in [0.29, 0.717) is 17.5 Å². The predicted octanol–water partition coefficient (Wildman–Crippen LogP) is 3.26. The Morgan fingerprint density at radius 2 is 1.88 bits per heavy atom. The van der Waals surface area contributed by atoms with Crippen LogP contribution in [0.4, 0.5) is 0 Å². The highest BCUT2D eigenvalue weighted by Gasteiger charge is 2.35. The maximum atomic E-state index is 6.32. The summed E-state index contributed by atoms with van der Waals surface area (Å²) in [7, 11) is 2.26. The van der Waals surface area contributed by atoms with E-state index in [1.54, 1.807) is 0 Å². The van der Waals surface area contributed by atoms with Crippen LogP contribution in [0.3, 0.4) is 0 Å². The van der Waals surface area contributed by atoms with Gasteiger partial charge >= 0.3 is 0 Å². The molecule has 2 heteroatoms. The van der Waals surface area contributed by atoms with Crippen molar-refractivity contribution in [2.45, 2.75) is 71.9 Å². The molecular weight excluding hydrogens is 208 g/mol. The molecule has 0 amide bonds. The molecule has 0 aromatic rings. The van der Waals surface area contributed by atoms with Crippen LogP contribution in [0.2, 0.25) is 0 Å². The Morgan fingerprint density at radius 3 is 2.41 bits per heavy atom. The number of hydrogen-bond acceptors (Lipinski definition) is 2. The Labute approximate surface area is 108 Å². The zero-order valence-electron chi connectivity index (χ0n) is 12.5. The third-order valence-corrected chi connectivity index (χ3v) is 4.52. The largest absolute Gasteiger partial charge is 0.326 e. The van der Waals surface area contributed by atoms with Crippen molar-refractivity contribution < 1.29 is 0 Å². The summed E-state index contributed by atoms with van der Waals surface area (Å²) in [6.45, 7) is 10.6. The monoisotopic (exact) mass is 240 g/mol. The first-order valence-corrected chi connectivity index (χ1v) is 7.32. The molecule has 17 heavy (non-hydrogen) atoms. The van der Waals surface area contributed by atoms with Gasteiger partial charge in [-0.3, -0.25) is 0 Å². The van der Waals surface area contributed by atoms with Gasteiger partial charge < -0.3 is 10.6 Å². The molecule has 0 heterocycles. The van der Waals surface area contributed by atoms with Gasteiger partial charge in [0.2, 0.25) is 0 Å². The quantitative estimate of drug-likeness (QED) is 0.817. The topological polar surface area (TPSA) is 29.3 Å². The molecule has 0 aliphatic heterocycles. The Bertz CT molecular complexity index is 219. The van der Waals surface area contributed by atoms with Crippen molar-refractivity contribution in [3.63, 3.8) is 0 Å². The van der Waals surface area contributed by atoms with Crippen molar-refractivity contribution >= 4 is 0 Å². The third kappa shape index (κ3) is 4.26. The van der Waals surface area contributed by atoms with Crippen LogP contribution in [0, 0.1) is 11.3 Å². The Hall–Kier alpha value is -0.0800. The lowest BCUT2D eigenvalue weighted by molar-refractivity contribution is 0.0835. The molecule has 0 radical (unpaired) electrons. The van der Waals surface area contributed by atoms with E-state index < -0.39 is 0 Å². The van der Waals surface area contributed by atoms with E-state index in [1.807, 2.05) is 0 Å². The van der Waals surface area contributed by atoms with Gasteiger partial charge in [0.05, 0.1) is 0 Å². The van der Waals surface area contributed by atoms with E-state index in [4.69, 9.17) is 5.73 Å². The molecule has 0 spiro atoms. The molecule has 1 aliphatic carbocycles. The molecule has 2 nitrogen and oxygen atoms in total. The summed E-state index contributed by atoms with van der Waals surface area (Å²) >= 11 is 0. The van der Waals surface area contributed by atoms with Gasteiger partial charge in [-0.25, -0.2) is 0 Å². The van der Waals surface area contributed by atoms with Gasteiger partial charge in [0.1, 0.15) is 0 Å². The number of likely N-dealkylation sites (N-methyl/N-ethyl adjacent to an activating group) is 1. The van der Waals surface area contributed by atoms with Crippen LogP contribution in [0.1, 0.15) is 59.8 Å². The summed E-state index contributed by atoms with van der Waals surface area (Å²) < 4.78 is 0. The van der Waals surface area contributed by atoms with E-state index in [9.17, 15) is 0 Å². The van der Waals surface area contributed by atoms with E-state index in [2.05, 4.69) is 39.6 Å². The molecule has 1 saturated carbocycles. The van der Waals surface area contributed by atoms with Crippen molar-refractivity contribution in [1.29, 1.82) is 0 Å². The fourth-order valence-electron chi connectivity index (χ4n) is 3.04. The minimum Gasteiger partial charge on any atom is -0.326 e. The third-order valence-electron chi connectivity index (χ3n) is 4.52. The molecule has 0 aromatic heterocycles. The standard InChI is InChI=1S/C15H32N2/c1-6-7-10-17(5)14-11-12(15(2,3)4)8-9-13(14)16/h12-14H,6-11,16H2,1-5H3. The molecule has 1 aliphatic rings. The summed E-state index contributed by atoms with van der Waals surface area (Å²) in [5.74, 6) is 0.830. The van der Waals surface area contributed by atoms with Crippen LogP contribution in [0.25, 0.3) is 0 Å². The average molecular weight is 240 g/mol. The first kappa shape index (κ1) is 15.0. The van der Waals surface area contributed by atoms with Crippen LogP contribution in [0.5, 0.6) is 0 Å². The van der Waals surface area contributed by atoms with E-state index in [-0.39, 0.29) is 0 Å². The summed E-state index contributed by atoms with van der Waals surface area (Å²) in [6.07, 6.45) is 6.35. The number of unbranched alkanes of at least 4 members (excludes halogenated alkanes) is 1. The number of hydrogen-bond donors (Lipinski definition) is 1. The minimum absolute atomic E-state index is 0.385. The van der Waals surface area contributed by atoms with E-state index in [0.717, 1.165) is 5.92 Å². The lowest BCUT2D eigenvalue weighted by atomic mass is 9.69. The lowest BCUT2D eigenvalue weighted by Crippen LogP contribution is -2.51. The second-order valence-electron chi connectivity index (χ2n) is 6.94. The Kier molecular flexibility index (Phi) is 5.46. The predicted molar refractivity (Wildman–Crippen MR) is 76.1 cm³/mol. The van der Waals surface area contributed by atoms with E-state index >= 15 is 0 Å². The molecular formula is C15H32N2. The van der Waals surface area contributed by atoms with Crippen LogP contribution >= 0.6 is 0 Å². The zero-order valence-corrected chi connectivity index (χ0v) is 12.5. The molecule has 0 bridgehead atoms. The Balaban J connectivity index is 2.57. The minimum atomic E-state index is 0.385. The fraction of sp³-hybridized carbons (Fsp3) is 1.00. The smallest absolute Gasteiger partial charge is 0.0246 e. The number of rotatable bonds is 4. The molecule has 3 unspecified atom stereocenters. The molecule has 102 valence electrons. The summed E-state index contributed by atoms with van der Waals surface area (Å²) in [6, 6.07) is 0.981. The molecule has 1 fully saturated rings. The van der Waals surface area contributed by atoms with Gasteiger partial charge in [-0.15, -0.1) is 0 Å². The number of nitrogens with zero attached hydrogens (tertiary/aromatic N) is 1. The van der Waals surface area contributed by atoms with Crippen LogP contribution < -0.4 is 5.73 Å². The molecule has 0 aromatic carbocycles. The van der Waals surface area contributed by atoms with Gasteiger partial charge in [-0.1, -0.05) is 34.1 Å². The highest BCUT2D eigenvalue weighted by molar-refractivity contribution is 4.91.